The summed E-state index contributed by atoms with van der Waals surface area (Å²) in [5, 5.41) is 0. The zero-order valence-electron chi connectivity index (χ0n) is 15.5. The molecule has 2 fully saturated rings. The fraction of sp³-hybridized carbons (Fsp3) is 0.250. The van der Waals surface area contributed by atoms with Crippen LogP contribution in [0.2, 0.25) is 0 Å². The number of Topliss-reactive ketones (excluding diaryl/α,β-unsaturated/α-hetero) is 1. The van der Waals surface area contributed by atoms with Gasteiger partial charge in [0.05, 0.1) is 22.5 Å². The van der Waals surface area contributed by atoms with Crippen LogP contribution in [0.1, 0.15) is 29.5 Å². The van der Waals surface area contributed by atoms with Crippen LogP contribution in [0, 0.1) is 0 Å². The van der Waals surface area contributed by atoms with E-state index in [0.717, 1.165) is 17.3 Å². The quantitative estimate of drug-likeness (QED) is 0.403. The molecule has 1 atom stereocenters. The number of carbonyl (C=O) groups excluding carboxylic acids is 2. The topological polar surface area (TPSA) is 84.7 Å². The summed E-state index contributed by atoms with van der Waals surface area (Å²) in [6.07, 6.45) is 2.03. The molecule has 0 spiro atoms. The Labute approximate surface area is 177 Å². The van der Waals surface area contributed by atoms with E-state index < -0.39 is 15.9 Å². The molecule has 4 rings (SSSR count). The molecular formula is C20H17NO5S3. The number of benzene rings is 1. The van der Waals surface area contributed by atoms with E-state index in [4.69, 9.17) is 16.6 Å². The molecule has 3 heterocycles. The van der Waals surface area contributed by atoms with E-state index in [0.29, 0.717) is 32.7 Å². The van der Waals surface area contributed by atoms with E-state index in [-0.39, 0.29) is 23.2 Å². The fourth-order valence-electron chi connectivity index (χ4n) is 3.36. The molecule has 2 aliphatic heterocycles. The number of hydrogen-bond acceptors (Lipinski definition) is 7. The van der Waals surface area contributed by atoms with Crippen LogP contribution >= 0.6 is 24.0 Å². The van der Waals surface area contributed by atoms with Gasteiger partial charge in [0.1, 0.15) is 15.8 Å². The minimum absolute atomic E-state index is 0.00577. The van der Waals surface area contributed by atoms with Crippen molar-refractivity contribution in [3.05, 3.63) is 52.6 Å². The van der Waals surface area contributed by atoms with Crippen LogP contribution in [-0.2, 0) is 14.6 Å². The number of amides is 1. The summed E-state index contributed by atoms with van der Waals surface area (Å²) in [4.78, 5) is 26.0. The molecule has 2 aliphatic rings. The molecule has 6 nitrogen and oxygen atoms in total. The number of thioether (sulfide) groups is 1. The largest absolute Gasteiger partial charge is 0.457 e. The Hall–Kier alpha value is -2.23. The first-order chi connectivity index (χ1) is 13.7. The van der Waals surface area contributed by atoms with E-state index in [9.17, 15) is 18.0 Å². The maximum Gasteiger partial charge on any atom is 0.266 e. The van der Waals surface area contributed by atoms with Gasteiger partial charge in [-0.1, -0.05) is 48.2 Å². The Morgan fingerprint density at radius 3 is 2.59 bits per heavy atom. The van der Waals surface area contributed by atoms with Gasteiger partial charge in [-0.25, -0.2) is 8.42 Å². The van der Waals surface area contributed by atoms with Crippen LogP contribution in [0.4, 0.5) is 0 Å². The van der Waals surface area contributed by atoms with E-state index in [1.165, 1.54) is 11.8 Å². The first-order valence-electron chi connectivity index (χ1n) is 8.92. The van der Waals surface area contributed by atoms with Crippen LogP contribution in [0.15, 0.2) is 45.7 Å². The van der Waals surface area contributed by atoms with Gasteiger partial charge in [0.25, 0.3) is 5.91 Å². The van der Waals surface area contributed by atoms with Gasteiger partial charge in [0.15, 0.2) is 15.6 Å². The normalized spacial score (nSPS) is 22.6. The number of hydrogen-bond donors (Lipinski definition) is 0. The second kappa shape index (κ2) is 7.55. The number of furan rings is 1. The van der Waals surface area contributed by atoms with Crippen molar-refractivity contribution < 1.29 is 22.4 Å². The number of carbonyl (C=O) groups is 2. The molecule has 2 saturated heterocycles. The summed E-state index contributed by atoms with van der Waals surface area (Å²) in [5.41, 5.74) is 1.44. The van der Waals surface area contributed by atoms with Gasteiger partial charge in [-0.05, 0) is 25.5 Å². The predicted octanol–water partition coefficient (Wildman–Crippen LogP) is 3.54. The Kier molecular flexibility index (Phi) is 5.22. The molecule has 1 amide bonds. The van der Waals surface area contributed by atoms with Crippen LogP contribution in [0.25, 0.3) is 17.4 Å². The summed E-state index contributed by atoms with van der Waals surface area (Å²) in [6, 6.07) is 10.2. The number of sulfone groups is 1. The molecule has 1 unspecified atom stereocenters. The lowest BCUT2D eigenvalue weighted by atomic mass is 10.1. The molecule has 0 bridgehead atoms. The Bertz CT molecular complexity index is 1150. The highest BCUT2D eigenvalue weighted by Gasteiger charge is 2.42. The smallest absolute Gasteiger partial charge is 0.266 e. The van der Waals surface area contributed by atoms with Crippen molar-refractivity contribution in [2.75, 3.05) is 11.5 Å². The summed E-state index contributed by atoms with van der Waals surface area (Å²) in [5.74, 6) is 0.851. The zero-order valence-corrected chi connectivity index (χ0v) is 17.9. The van der Waals surface area contributed by atoms with E-state index in [1.54, 1.807) is 42.5 Å². The summed E-state index contributed by atoms with van der Waals surface area (Å²) < 4.78 is 29.7. The van der Waals surface area contributed by atoms with Crippen LogP contribution < -0.4 is 0 Å². The lowest BCUT2D eigenvalue weighted by Gasteiger charge is -2.20. The highest BCUT2D eigenvalue weighted by molar-refractivity contribution is 8.26. The standard InChI is InChI=1S/C20H17NO5S3/c1-12(22)13-2-4-14(5-3-13)17-7-6-16(26-17)10-18-19(23)21(20(27)28-18)15-8-9-29(24,25)11-15/h2-7,10,15H,8-9,11H2,1H3/b18-10+. The second-order valence-electron chi connectivity index (χ2n) is 6.94. The van der Waals surface area contributed by atoms with Gasteiger partial charge in [-0.3, -0.25) is 14.5 Å². The molecule has 0 N–H and O–H groups in total. The number of nitrogens with zero attached hydrogens (tertiary/aromatic N) is 1. The summed E-state index contributed by atoms with van der Waals surface area (Å²) in [7, 11) is -3.11. The zero-order chi connectivity index (χ0) is 20.8. The van der Waals surface area contributed by atoms with Gasteiger partial charge in [-0.15, -0.1) is 0 Å². The fourth-order valence-corrected chi connectivity index (χ4v) is 6.44. The van der Waals surface area contributed by atoms with E-state index in [1.807, 2.05) is 0 Å². The van der Waals surface area contributed by atoms with Gasteiger partial charge in [0, 0.05) is 17.2 Å². The van der Waals surface area contributed by atoms with Gasteiger partial charge < -0.3 is 4.42 Å². The minimum Gasteiger partial charge on any atom is -0.457 e. The lowest BCUT2D eigenvalue weighted by Crippen LogP contribution is -2.39. The summed E-state index contributed by atoms with van der Waals surface area (Å²) >= 11 is 6.46. The minimum atomic E-state index is -3.11. The van der Waals surface area contributed by atoms with Crippen molar-refractivity contribution >= 4 is 55.9 Å². The van der Waals surface area contributed by atoms with Crippen molar-refractivity contribution in [2.45, 2.75) is 19.4 Å². The molecule has 0 radical (unpaired) electrons. The molecule has 0 aliphatic carbocycles. The van der Waals surface area contributed by atoms with Gasteiger partial charge >= 0.3 is 0 Å². The molecule has 29 heavy (non-hydrogen) atoms. The number of ketones is 1. The predicted molar refractivity (Wildman–Crippen MR) is 116 cm³/mol. The summed E-state index contributed by atoms with van der Waals surface area (Å²) in [6.45, 7) is 1.51. The Morgan fingerprint density at radius 2 is 1.97 bits per heavy atom. The first-order valence-corrected chi connectivity index (χ1v) is 12.0. The highest BCUT2D eigenvalue weighted by atomic mass is 32.2. The van der Waals surface area contributed by atoms with Crippen molar-refractivity contribution in [3.63, 3.8) is 0 Å². The van der Waals surface area contributed by atoms with Crippen LogP contribution in [0.5, 0.6) is 0 Å². The average molecular weight is 448 g/mol. The number of thiocarbonyl (C=S) groups is 1. The van der Waals surface area contributed by atoms with E-state index in [2.05, 4.69) is 0 Å². The highest BCUT2D eigenvalue weighted by Crippen LogP contribution is 2.36. The molecule has 1 aromatic carbocycles. The third-order valence-corrected chi connectivity index (χ3v) is 7.95. The van der Waals surface area contributed by atoms with E-state index >= 15 is 0 Å². The second-order valence-corrected chi connectivity index (χ2v) is 10.8. The number of rotatable bonds is 4. The molecule has 0 saturated carbocycles. The molecule has 2 aromatic rings. The van der Waals surface area contributed by atoms with Crippen molar-refractivity contribution in [1.82, 2.24) is 4.90 Å². The van der Waals surface area contributed by atoms with Crippen molar-refractivity contribution in [2.24, 2.45) is 0 Å². The average Bonchev–Trinajstić information content (AvgIpc) is 3.34. The maximum atomic E-state index is 12.8. The van der Waals surface area contributed by atoms with Crippen molar-refractivity contribution in [1.29, 1.82) is 0 Å². The molecule has 9 heteroatoms. The lowest BCUT2D eigenvalue weighted by molar-refractivity contribution is -0.123. The third-order valence-electron chi connectivity index (χ3n) is 4.87. The monoisotopic (exact) mass is 447 g/mol. The van der Waals surface area contributed by atoms with Gasteiger partial charge in [0.2, 0.25) is 0 Å². The maximum absolute atomic E-state index is 12.8. The SMILES string of the molecule is CC(=O)c1ccc(-c2ccc(/C=C3/SC(=S)N(C4CCS(=O)(=O)C4)C3=O)o2)cc1. The first kappa shape index (κ1) is 20.1. The molecular weight excluding hydrogens is 430 g/mol. The van der Waals surface area contributed by atoms with Gasteiger partial charge in [-0.2, -0.15) is 0 Å². The Morgan fingerprint density at radius 1 is 1.24 bits per heavy atom. The van der Waals surface area contributed by atoms with Crippen molar-refractivity contribution in [3.8, 4) is 11.3 Å². The molecule has 1 aromatic heterocycles. The third kappa shape index (κ3) is 4.08. The van der Waals surface area contributed by atoms with Crippen LogP contribution in [0.3, 0.4) is 0 Å². The molecule has 150 valence electrons. The van der Waals surface area contributed by atoms with Crippen LogP contribution in [-0.4, -0.2) is 46.9 Å². The Balaban J connectivity index is 1.54.